The summed E-state index contributed by atoms with van der Waals surface area (Å²) in [7, 11) is 0. The Balaban J connectivity index is 4.32. The van der Waals surface area contributed by atoms with Crippen molar-refractivity contribution in [3.8, 4) is 0 Å². The average molecular weight is 184 g/mol. The Bertz CT molecular complexity index is 163. The van der Waals surface area contributed by atoms with Gasteiger partial charge in [-0.15, -0.1) is 0 Å². The van der Waals surface area contributed by atoms with E-state index in [1.165, 1.54) is 6.92 Å². The summed E-state index contributed by atoms with van der Waals surface area (Å²) in [4.78, 5) is 10.0. The quantitative estimate of drug-likeness (QED) is 0.626. The molecule has 0 saturated carbocycles. The molecule has 1 unspecified atom stereocenters. The van der Waals surface area contributed by atoms with Crippen LogP contribution in [0.1, 0.15) is 20.8 Å². The Labute approximate surface area is 68.7 Å². The monoisotopic (exact) mass is 184 g/mol. The molecule has 12 heavy (non-hydrogen) atoms. The fraction of sp³-hybridized carbons (Fsp3) is 0.857. The molecular weight excluding hydrogens is 173 g/mol. The van der Waals surface area contributed by atoms with Gasteiger partial charge in [-0.1, -0.05) is 0 Å². The van der Waals surface area contributed by atoms with Crippen LogP contribution in [-0.4, -0.2) is 24.2 Å². The van der Waals surface area contributed by atoms with Gasteiger partial charge in [0.05, 0.1) is 0 Å². The fourth-order valence-corrected chi connectivity index (χ4v) is 0.559. The molecule has 0 fully saturated rings. The number of halogens is 3. The maximum absolute atomic E-state index is 12.1. The first-order valence-corrected chi connectivity index (χ1v) is 3.40. The third-order valence-electron chi connectivity index (χ3n) is 1.35. The highest BCUT2D eigenvalue weighted by Crippen LogP contribution is 2.33. The molecule has 2 nitrogen and oxygen atoms in total. The number of ether oxygens (including phenoxy) is 1. The lowest BCUT2D eigenvalue weighted by molar-refractivity contribution is -0.270. The van der Waals surface area contributed by atoms with Crippen LogP contribution in [0.4, 0.5) is 13.2 Å². The van der Waals surface area contributed by atoms with Gasteiger partial charge in [0.1, 0.15) is 12.4 Å². The van der Waals surface area contributed by atoms with Crippen molar-refractivity contribution in [2.45, 2.75) is 38.7 Å². The third-order valence-corrected chi connectivity index (χ3v) is 1.35. The SMILES string of the molecule is CC(C=O)OC(C)(C)C(F)(F)F. The second kappa shape index (κ2) is 3.43. The van der Waals surface area contributed by atoms with Crippen LogP contribution in [0.5, 0.6) is 0 Å². The minimum absolute atomic E-state index is 0.327. The Kier molecular flexibility index (Phi) is 3.26. The van der Waals surface area contributed by atoms with Crippen LogP contribution in [0.25, 0.3) is 0 Å². The molecule has 1 atom stereocenters. The summed E-state index contributed by atoms with van der Waals surface area (Å²) < 4.78 is 40.7. The minimum Gasteiger partial charge on any atom is -0.356 e. The van der Waals surface area contributed by atoms with Crippen LogP contribution in [0, 0.1) is 0 Å². The van der Waals surface area contributed by atoms with Crippen molar-refractivity contribution >= 4 is 6.29 Å². The molecule has 0 aromatic rings. The highest BCUT2D eigenvalue weighted by atomic mass is 19.4. The molecule has 0 radical (unpaired) electrons. The van der Waals surface area contributed by atoms with Crippen LogP contribution < -0.4 is 0 Å². The lowest BCUT2D eigenvalue weighted by atomic mass is 10.1. The molecular formula is C7H11F3O2. The molecule has 5 heteroatoms. The van der Waals surface area contributed by atoms with Gasteiger partial charge in [0.2, 0.25) is 0 Å². The van der Waals surface area contributed by atoms with Crippen molar-refractivity contribution in [3.05, 3.63) is 0 Å². The summed E-state index contributed by atoms with van der Waals surface area (Å²) in [6, 6.07) is 0. The summed E-state index contributed by atoms with van der Waals surface area (Å²) in [5.41, 5.74) is -2.27. The summed E-state index contributed by atoms with van der Waals surface area (Å²) in [6.45, 7) is 3.03. The maximum Gasteiger partial charge on any atom is 0.416 e. The van der Waals surface area contributed by atoms with Gasteiger partial charge in [-0.2, -0.15) is 13.2 Å². The second-order valence-electron chi connectivity index (χ2n) is 2.97. The summed E-state index contributed by atoms with van der Waals surface area (Å²) in [5, 5.41) is 0. The Morgan fingerprint density at radius 2 is 1.75 bits per heavy atom. The molecule has 0 aromatic heterocycles. The van der Waals surface area contributed by atoms with Gasteiger partial charge >= 0.3 is 6.18 Å². The van der Waals surface area contributed by atoms with E-state index in [4.69, 9.17) is 0 Å². The smallest absolute Gasteiger partial charge is 0.356 e. The van der Waals surface area contributed by atoms with E-state index in [0.717, 1.165) is 13.8 Å². The molecule has 0 heterocycles. The number of carbonyl (C=O) groups is 1. The van der Waals surface area contributed by atoms with Gasteiger partial charge in [0, 0.05) is 0 Å². The zero-order valence-electron chi connectivity index (χ0n) is 7.11. The molecule has 0 aliphatic carbocycles. The van der Waals surface area contributed by atoms with Crippen molar-refractivity contribution in [2.24, 2.45) is 0 Å². The molecule has 0 spiro atoms. The third kappa shape index (κ3) is 2.81. The first-order chi connectivity index (χ1) is 5.20. The zero-order valence-corrected chi connectivity index (χ0v) is 7.11. The van der Waals surface area contributed by atoms with Gasteiger partial charge < -0.3 is 9.53 Å². The van der Waals surface area contributed by atoms with E-state index < -0.39 is 17.9 Å². The standard InChI is InChI=1S/C7H11F3O2/c1-5(4-11)12-6(2,3)7(8,9)10/h4-5H,1-3H3. The average Bonchev–Trinajstić information content (AvgIpc) is 1.84. The number of aldehydes is 1. The Morgan fingerprint density at radius 1 is 1.33 bits per heavy atom. The van der Waals surface area contributed by atoms with Crippen molar-refractivity contribution in [1.29, 1.82) is 0 Å². The van der Waals surface area contributed by atoms with E-state index in [1.54, 1.807) is 0 Å². The summed E-state index contributed by atoms with van der Waals surface area (Å²) in [5.74, 6) is 0. The molecule has 0 aliphatic rings. The van der Waals surface area contributed by atoms with Crippen molar-refractivity contribution in [1.82, 2.24) is 0 Å². The van der Waals surface area contributed by atoms with E-state index in [-0.39, 0.29) is 0 Å². The predicted molar refractivity (Wildman–Crippen MR) is 36.7 cm³/mol. The van der Waals surface area contributed by atoms with Gasteiger partial charge in [-0.05, 0) is 20.8 Å². The van der Waals surface area contributed by atoms with E-state index >= 15 is 0 Å². The molecule has 0 rings (SSSR count). The molecule has 72 valence electrons. The number of hydrogen-bond donors (Lipinski definition) is 0. The number of alkyl halides is 3. The maximum atomic E-state index is 12.1. The normalized spacial score (nSPS) is 15.8. The van der Waals surface area contributed by atoms with Crippen molar-refractivity contribution < 1.29 is 22.7 Å². The topological polar surface area (TPSA) is 26.3 Å². The Hall–Kier alpha value is -0.580. The first-order valence-electron chi connectivity index (χ1n) is 3.40. The Morgan fingerprint density at radius 3 is 2.00 bits per heavy atom. The number of carbonyl (C=O) groups excluding carboxylic acids is 1. The van der Waals surface area contributed by atoms with Gasteiger partial charge in [-0.3, -0.25) is 0 Å². The summed E-state index contributed by atoms with van der Waals surface area (Å²) in [6.07, 6.45) is -5.17. The van der Waals surface area contributed by atoms with Gasteiger partial charge in [-0.25, -0.2) is 0 Å². The number of hydrogen-bond acceptors (Lipinski definition) is 2. The van der Waals surface area contributed by atoms with E-state index in [9.17, 15) is 18.0 Å². The van der Waals surface area contributed by atoms with E-state index in [0.29, 0.717) is 6.29 Å². The van der Waals surface area contributed by atoms with E-state index in [1.807, 2.05) is 0 Å². The van der Waals surface area contributed by atoms with Crippen LogP contribution >= 0.6 is 0 Å². The fourth-order valence-electron chi connectivity index (χ4n) is 0.559. The highest BCUT2D eigenvalue weighted by Gasteiger charge is 2.49. The van der Waals surface area contributed by atoms with Gasteiger partial charge in [0.25, 0.3) is 0 Å². The van der Waals surface area contributed by atoms with Gasteiger partial charge in [0.15, 0.2) is 5.60 Å². The highest BCUT2D eigenvalue weighted by molar-refractivity contribution is 5.55. The predicted octanol–water partition coefficient (Wildman–Crippen LogP) is 1.93. The lowest BCUT2D eigenvalue weighted by Gasteiger charge is -2.29. The second-order valence-corrected chi connectivity index (χ2v) is 2.97. The largest absolute Gasteiger partial charge is 0.416 e. The molecule has 0 saturated heterocycles. The minimum atomic E-state index is -4.45. The van der Waals surface area contributed by atoms with Crippen molar-refractivity contribution in [2.75, 3.05) is 0 Å². The van der Waals surface area contributed by atoms with Crippen LogP contribution in [0.15, 0.2) is 0 Å². The molecule has 0 bridgehead atoms. The summed E-state index contributed by atoms with van der Waals surface area (Å²) >= 11 is 0. The van der Waals surface area contributed by atoms with Crippen LogP contribution in [0.2, 0.25) is 0 Å². The van der Waals surface area contributed by atoms with Crippen molar-refractivity contribution in [3.63, 3.8) is 0 Å². The number of rotatable bonds is 3. The van der Waals surface area contributed by atoms with Crippen LogP contribution in [0.3, 0.4) is 0 Å². The zero-order chi connectivity index (χ0) is 9.99. The molecule has 0 N–H and O–H groups in total. The van der Waals surface area contributed by atoms with Crippen LogP contribution in [-0.2, 0) is 9.53 Å². The van der Waals surface area contributed by atoms with E-state index in [2.05, 4.69) is 4.74 Å². The molecule has 0 aromatic carbocycles. The molecule has 0 amide bonds. The molecule has 0 aliphatic heterocycles. The lowest BCUT2D eigenvalue weighted by Crippen LogP contribution is -2.44. The first kappa shape index (κ1) is 11.4.